The minimum Gasteiger partial charge on any atom is -0.493 e. The number of aromatic nitrogens is 2. The molecule has 0 atom stereocenters. The molecule has 0 unspecified atom stereocenters. The fraction of sp³-hybridized carbons (Fsp3) is 0.207. The van der Waals surface area contributed by atoms with Crippen molar-refractivity contribution in [1.82, 2.24) is 9.55 Å². The SMILES string of the molecule is Cc1cc(C)cc(OCCC(=O)N(Cc2ccccc2)c2c(N)n(Cc3ccccc3)c(=O)[nH]c2=O)c1. The molecule has 3 N–H and O–H groups in total. The largest absolute Gasteiger partial charge is 0.493 e. The quantitative estimate of drug-likeness (QED) is 0.365. The summed E-state index contributed by atoms with van der Waals surface area (Å²) in [5, 5.41) is 0. The van der Waals surface area contributed by atoms with Crippen molar-refractivity contribution < 1.29 is 9.53 Å². The molecule has 1 amide bonds. The number of benzene rings is 3. The minimum absolute atomic E-state index is 0.0104. The van der Waals surface area contributed by atoms with Crippen molar-refractivity contribution in [2.45, 2.75) is 33.4 Å². The topological polar surface area (TPSA) is 110 Å². The molecule has 190 valence electrons. The molecule has 1 heterocycles. The minimum atomic E-state index is -0.716. The van der Waals surface area contributed by atoms with Crippen molar-refractivity contribution >= 4 is 17.4 Å². The second-order valence-corrected chi connectivity index (χ2v) is 8.95. The van der Waals surface area contributed by atoms with Gasteiger partial charge in [-0.25, -0.2) is 4.79 Å². The fourth-order valence-corrected chi connectivity index (χ4v) is 4.23. The molecule has 8 heteroatoms. The van der Waals surface area contributed by atoms with Gasteiger partial charge >= 0.3 is 5.69 Å². The van der Waals surface area contributed by atoms with Crippen molar-refractivity contribution in [3.8, 4) is 5.75 Å². The lowest BCUT2D eigenvalue weighted by atomic mass is 10.1. The van der Waals surface area contributed by atoms with Gasteiger partial charge < -0.3 is 10.5 Å². The Kier molecular flexibility index (Phi) is 7.88. The van der Waals surface area contributed by atoms with Crippen LogP contribution >= 0.6 is 0 Å². The van der Waals surface area contributed by atoms with E-state index in [1.807, 2.05) is 92.7 Å². The second kappa shape index (κ2) is 11.4. The van der Waals surface area contributed by atoms with Crippen LogP contribution in [0.15, 0.2) is 88.5 Å². The maximum absolute atomic E-state index is 13.5. The summed E-state index contributed by atoms with van der Waals surface area (Å²) in [6, 6.07) is 24.4. The summed E-state index contributed by atoms with van der Waals surface area (Å²) in [4.78, 5) is 42.8. The molecule has 0 saturated carbocycles. The normalized spacial score (nSPS) is 10.8. The Labute approximate surface area is 215 Å². The molecule has 0 radical (unpaired) electrons. The van der Waals surface area contributed by atoms with Crippen LogP contribution in [0.1, 0.15) is 28.7 Å². The van der Waals surface area contributed by atoms with Crippen LogP contribution in [0.5, 0.6) is 5.75 Å². The Morgan fingerprint density at radius 2 is 1.51 bits per heavy atom. The van der Waals surface area contributed by atoms with Crippen molar-refractivity contribution in [2.75, 3.05) is 17.2 Å². The van der Waals surface area contributed by atoms with E-state index in [4.69, 9.17) is 10.5 Å². The van der Waals surface area contributed by atoms with E-state index in [0.29, 0.717) is 5.75 Å². The number of carbonyl (C=O) groups is 1. The zero-order chi connectivity index (χ0) is 26.4. The summed E-state index contributed by atoms with van der Waals surface area (Å²) in [6.45, 7) is 4.34. The van der Waals surface area contributed by atoms with E-state index in [1.165, 1.54) is 9.47 Å². The maximum Gasteiger partial charge on any atom is 0.330 e. The number of anilines is 2. The molecule has 0 fully saturated rings. The lowest BCUT2D eigenvalue weighted by molar-refractivity contribution is -0.119. The number of ether oxygens (including phenoxy) is 1. The third-order valence-electron chi connectivity index (χ3n) is 5.93. The number of nitrogens with one attached hydrogen (secondary N) is 1. The molecule has 4 rings (SSSR count). The first kappa shape index (κ1) is 25.5. The molecule has 8 nitrogen and oxygen atoms in total. The van der Waals surface area contributed by atoms with Gasteiger partial charge in [-0.2, -0.15) is 0 Å². The number of aryl methyl sites for hydroxylation is 2. The van der Waals surface area contributed by atoms with Gasteiger partial charge in [-0.1, -0.05) is 66.7 Å². The zero-order valence-electron chi connectivity index (χ0n) is 20.9. The summed E-state index contributed by atoms with van der Waals surface area (Å²) in [7, 11) is 0. The number of amides is 1. The summed E-state index contributed by atoms with van der Waals surface area (Å²) >= 11 is 0. The summed E-state index contributed by atoms with van der Waals surface area (Å²) in [5.41, 5.74) is 8.75. The molecule has 0 bridgehead atoms. The lowest BCUT2D eigenvalue weighted by Gasteiger charge is -2.25. The van der Waals surface area contributed by atoms with Gasteiger partial charge in [0.25, 0.3) is 5.56 Å². The summed E-state index contributed by atoms with van der Waals surface area (Å²) < 4.78 is 7.10. The number of carbonyl (C=O) groups excluding carboxylic acids is 1. The van der Waals surface area contributed by atoms with Gasteiger partial charge in [-0.15, -0.1) is 0 Å². The van der Waals surface area contributed by atoms with Gasteiger partial charge in [-0.3, -0.25) is 24.0 Å². The van der Waals surface area contributed by atoms with E-state index in [9.17, 15) is 14.4 Å². The number of aromatic amines is 1. The third-order valence-corrected chi connectivity index (χ3v) is 5.93. The standard InChI is InChI=1S/C29H30N4O4/c1-20-15-21(2)17-24(16-20)37-14-13-25(34)32(18-22-9-5-3-6-10-22)26-27(30)33(29(36)31-28(26)35)19-23-11-7-4-8-12-23/h3-12,15-17H,13-14,18-19,30H2,1-2H3,(H,31,35,36). The van der Waals surface area contributed by atoms with Crippen molar-refractivity contribution in [2.24, 2.45) is 0 Å². The maximum atomic E-state index is 13.5. The zero-order valence-corrected chi connectivity index (χ0v) is 20.9. The van der Waals surface area contributed by atoms with Crippen LogP contribution in [0, 0.1) is 13.8 Å². The van der Waals surface area contributed by atoms with Gasteiger partial charge in [0.2, 0.25) is 5.91 Å². The van der Waals surface area contributed by atoms with Gasteiger partial charge in [0.1, 0.15) is 11.6 Å². The van der Waals surface area contributed by atoms with E-state index in [2.05, 4.69) is 4.98 Å². The average molecular weight is 499 g/mol. The van der Waals surface area contributed by atoms with E-state index in [1.54, 1.807) is 0 Å². The van der Waals surface area contributed by atoms with Gasteiger partial charge in [-0.05, 0) is 48.2 Å². The van der Waals surface area contributed by atoms with Crippen LogP contribution in [0.3, 0.4) is 0 Å². The second-order valence-electron chi connectivity index (χ2n) is 8.95. The number of H-pyrrole nitrogens is 1. The summed E-state index contributed by atoms with van der Waals surface area (Å²) in [6.07, 6.45) is 0.0104. The Bertz CT molecular complexity index is 1470. The van der Waals surface area contributed by atoms with Gasteiger partial charge in [0.15, 0.2) is 5.69 Å². The molecular weight excluding hydrogens is 468 g/mol. The highest BCUT2D eigenvalue weighted by Crippen LogP contribution is 2.22. The fourth-order valence-electron chi connectivity index (χ4n) is 4.23. The smallest absolute Gasteiger partial charge is 0.330 e. The Hall–Kier alpha value is -4.59. The first-order valence-corrected chi connectivity index (χ1v) is 12.0. The number of nitrogen functional groups attached to an aromatic ring is 1. The third kappa shape index (κ3) is 6.35. The highest BCUT2D eigenvalue weighted by Gasteiger charge is 2.24. The molecule has 0 aliphatic heterocycles. The molecule has 4 aromatic rings. The molecule has 0 saturated heterocycles. The number of nitrogens with two attached hydrogens (primary N) is 1. The predicted octanol–water partition coefficient (Wildman–Crippen LogP) is 3.79. The molecule has 0 aliphatic rings. The monoisotopic (exact) mass is 498 g/mol. The number of hydrogen-bond donors (Lipinski definition) is 2. The molecule has 0 spiro atoms. The molecule has 3 aromatic carbocycles. The molecular formula is C29H30N4O4. The average Bonchev–Trinajstić information content (AvgIpc) is 2.86. The van der Waals surface area contributed by atoms with Crippen LogP contribution in [0.4, 0.5) is 11.5 Å². The van der Waals surface area contributed by atoms with Crippen LogP contribution in [0.2, 0.25) is 0 Å². The van der Waals surface area contributed by atoms with E-state index >= 15 is 0 Å². The molecule has 0 aliphatic carbocycles. The van der Waals surface area contributed by atoms with Gasteiger partial charge in [0.05, 0.1) is 26.1 Å². The summed E-state index contributed by atoms with van der Waals surface area (Å²) in [5.74, 6) is 0.251. The number of rotatable bonds is 9. The first-order chi connectivity index (χ1) is 17.8. The molecule has 37 heavy (non-hydrogen) atoms. The van der Waals surface area contributed by atoms with Gasteiger partial charge in [0, 0.05) is 0 Å². The molecule has 1 aromatic heterocycles. The van der Waals surface area contributed by atoms with E-state index < -0.39 is 11.2 Å². The highest BCUT2D eigenvalue weighted by molar-refractivity contribution is 5.95. The van der Waals surface area contributed by atoms with Crippen LogP contribution < -0.4 is 26.6 Å². The van der Waals surface area contributed by atoms with E-state index in [0.717, 1.165) is 22.3 Å². The first-order valence-electron chi connectivity index (χ1n) is 12.0. The predicted molar refractivity (Wildman–Crippen MR) is 145 cm³/mol. The van der Waals surface area contributed by atoms with Crippen molar-refractivity contribution in [3.63, 3.8) is 0 Å². The Morgan fingerprint density at radius 1 is 0.919 bits per heavy atom. The highest BCUT2D eigenvalue weighted by atomic mass is 16.5. The number of hydrogen-bond acceptors (Lipinski definition) is 5. The van der Waals surface area contributed by atoms with Crippen LogP contribution in [0.25, 0.3) is 0 Å². The van der Waals surface area contributed by atoms with Crippen LogP contribution in [-0.2, 0) is 17.9 Å². The van der Waals surface area contributed by atoms with E-state index in [-0.39, 0.29) is 43.5 Å². The van der Waals surface area contributed by atoms with Crippen molar-refractivity contribution in [3.05, 3.63) is 122 Å². The Morgan fingerprint density at radius 3 is 2.14 bits per heavy atom. The van der Waals surface area contributed by atoms with Crippen LogP contribution in [-0.4, -0.2) is 22.1 Å². The number of nitrogens with zero attached hydrogens (tertiary/aromatic N) is 2. The van der Waals surface area contributed by atoms with Crippen molar-refractivity contribution in [1.29, 1.82) is 0 Å². The Balaban J connectivity index is 1.65. The lowest BCUT2D eigenvalue weighted by Crippen LogP contribution is -2.41.